The van der Waals surface area contributed by atoms with Crippen LogP contribution in [0.1, 0.15) is 18.1 Å². The molecule has 2 aromatic carbocycles. The molecule has 0 spiro atoms. The number of carbonyl (C=O) groups is 2. The second-order valence-electron chi connectivity index (χ2n) is 6.03. The number of nitrogens with one attached hydrogen (secondary N) is 1. The standard InChI is InChI=1S/C18H21N3O4S/c1-12-8-13(2)10-16(9-12)21(11-18(19)23)26(24,25)17-6-4-15(5-7-17)20-14(3)22/h4-10H,11H2,1-3H3,(H2,19,23)(H,20,22). The molecule has 8 heteroatoms. The van der Waals surface area contributed by atoms with Gasteiger partial charge >= 0.3 is 0 Å². The molecule has 0 bridgehead atoms. The third kappa shape index (κ3) is 4.60. The van der Waals surface area contributed by atoms with Crippen molar-refractivity contribution in [2.45, 2.75) is 25.7 Å². The zero-order chi connectivity index (χ0) is 19.5. The molecule has 26 heavy (non-hydrogen) atoms. The number of carbonyl (C=O) groups excluding carboxylic acids is 2. The number of aryl methyl sites for hydroxylation is 2. The first kappa shape index (κ1) is 19.5. The lowest BCUT2D eigenvalue weighted by Gasteiger charge is -2.24. The molecular formula is C18H21N3O4S. The van der Waals surface area contributed by atoms with Gasteiger partial charge in [-0.2, -0.15) is 0 Å². The Morgan fingerprint density at radius 3 is 2.04 bits per heavy atom. The maximum absolute atomic E-state index is 13.1. The van der Waals surface area contributed by atoms with E-state index in [-0.39, 0.29) is 10.8 Å². The van der Waals surface area contributed by atoms with Gasteiger partial charge in [-0.25, -0.2) is 8.42 Å². The second kappa shape index (κ2) is 7.57. The van der Waals surface area contributed by atoms with Gasteiger partial charge in [0.25, 0.3) is 10.0 Å². The Morgan fingerprint density at radius 2 is 1.58 bits per heavy atom. The van der Waals surface area contributed by atoms with Crippen molar-refractivity contribution in [3.8, 4) is 0 Å². The number of primary amides is 1. The Bertz CT molecular complexity index is 917. The predicted octanol–water partition coefficient (Wildman–Crippen LogP) is 1.94. The van der Waals surface area contributed by atoms with Crippen LogP contribution in [0.4, 0.5) is 11.4 Å². The van der Waals surface area contributed by atoms with Crippen LogP contribution in [-0.4, -0.2) is 26.8 Å². The largest absolute Gasteiger partial charge is 0.368 e. The van der Waals surface area contributed by atoms with Gasteiger partial charge in [0.1, 0.15) is 6.54 Å². The Balaban J connectivity index is 2.48. The van der Waals surface area contributed by atoms with Crippen LogP contribution in [0.2, 0.25) is 0 Å². The minimum Gasteiger partial charge on any atom is -0.368 e. The highest BCUT2D eigenvalue weighted by molar-refractivity contribution is 7.92. The summed E-state index contributed by atoms with van der Waals surface area (Å²) >= 11 is 0. The van der Waals surface area contributed by atoms with Crippen LogP contribution in [0.15, 0.2) is 47.4 Å². The predicted molar refractivity (Wildman–Crippen MR) is 100 cm³/mol. The summed E-state index contributed by atoms with van der Waals surface area (Å²) in [6.45, 7) is 4.57. The van der Waals surface area contributed by atoms with E-state index in [1.807, 2.05) is 19.9 Å². The average molecular weight is 375 g/mol. The Morgan fingerprint density at radius 1 is 1.04 bits per heavy atom. The molecule has 2 aromatic rings. The molecule has 0 saturated carbocycles. The maximum atomic E-state index is 13.1. The van der Waals surface area contributed by atoms with Crippen LogP contribution >= 0.6 is 0 Å². The molecule has 0 aliphatic heterocycles. The summed E-state index contributed by atoms with van der Waals surface area (Å²) < 4.78 is 27.1. The summed E-state index contributed by atoms with van der Waals surface area (Å²) in [5, 5.41) is 2.57. The normalized spacial score (nSPS) is 11.0. The van der Waals surface area contributed by atoms with Crippen molar-refractivity contribution < 1.29 is 18.0 Å². The summed E-state index contributed by atoms with van der Waals surface area (Å²) in [4.78, 5) is 22.6. The first-order valence-corrected chi connectivity index (χ1v) is 9.30. The van der Waals surface area contributed by atoms with E-state index in [1.54, 1.807) is 12.1 Å². The number of anilines is 2. The minimum absolute atomic E-state index is 0.00740. The van der Waals surface area contributed by atoms with Crippen molar-refractivity contribution in [2.75, 3.05) is 16.2 Å². The van der Waals surface area contributed by atoms with Gasteiger partial charge in [-0.05, 0) is 61.4 Å². The molecule has 0 aliphatic carbocycles. The van der Waals surface area contributed by atoms with Crippen molar-refractivity contribution >= 4 is 33.2 Å². The van der Waals surface area contributed by atoms with Crippen LogP contribution < -0.4 is 15.4 Å². The van der Waals surface area contributed by atoms with E-state index in [1.165, 1.54) is 31.2 Å². The lowest BCUT2D eigenvalue weighted by atomic mass is 10.1. The van der Waals surface area contributed by atoms with Crippen molar-refractivity contribution in [1.82, 2.24) is 0 Å². The van der Waals surface area contributed by atoms with E-state index < -0.39 is 22.5 Å². The Hall–Kier alpha value is -2.87. The fourth-order valence-corrected chi connectivity index (χ4v) is 4.01. The van der Waals surface area contributed by atoms with Crippen molar-refractivity contribution in [3.63, 3.8) is 0 Å². The molecule has 0 unspecified atom stereocenters. The highest BCUT2D eigenvalue weighted by Crippen LogP contribution is 2.26. The molecule has 138 valence electrons. The van der Waals surface area contributed by atoms with E-state index >= 15 is 0 Å². The number of hydrogen-bond donors (Lipinski definition) is 2. The maximum Gasteiger partial charge on any atom is 0.264 e. The zero-order valence-electron chi connectivity index (χ0n) is 14.8. The summed E-state index contributed by atoms with van der Waals surface area (Å²) in [5.74, 6) is -1.02. The van der Waals surface area contributed by atoms with Crippen molar-refractivity contribution in [2.24, 2.45) is 5.73 Å². The molecule has 0 atom stereocenters. The Kier molecular flexibility index (Phi) is 5.66. The number of nitrogens with two attached hydrogens (primary N) is 1. The minimum atomic E-state index is -4.01. The molecule has 0 aromatic heterocycles. The SMILES string of the molecule is CC(=O)Nc1ccc(S(=O)(=O)N(CC(N)=O)c2cc(C)cc(C)c2)cc1. The van der Waals surface area contributed by atoms with Crippen molar-refractivity contribution in [1.29, 1.82) is 0 Å². The first-order valence-electron chi connectivity index (χ1n) is 7.86. The first-order chi connectivity index (χ1) is 12.1. The van der Waals surface area contributed by atoms with Gasteiger partial charge in [0, 0.05) is 12.6 Å². The van der Waals surface area contributed by atoms with Gasteiger partial charge in [-0.3, -0.25) is 13.9 Å². The van der Waals surface area contributed by atoms with Crippen LogP contribution in [0.5, 0.6) is 0 Å². The molecular weight excluding hydrogens is 354 g/mol. The molecule has 0 heterocycles. The lowest BCUT2D eigenvalue weighted by Crippen LogP contribution is -2.38. The molecule has 0 aliphatic rings. The van der Waals surface area contributed by atoms with Gasteiger partial charge in [-0.15, -0.1) is 0 Å². The number of nitrogens with zero attached hydrogens (tertiary/aromatic N) is 1. The third-order valence-corrected chi connectivity index (χ3v) is 5.34. The molecule has 2 rings (SSSR count). The quantitative estimate of drug-likeness (QED) is 0.804. The average Bonchev–Trinajstić information content (AvgIpc) is 2.51. The van der Waals surface area contributed by atoms with E-state index in [2.05, 4.69) is 5.32 Å². The summed E-state index contributed by atoms with van der Waals surface area (Å²) in [6, 6.07) is 11.0. The number of hydrogen-bond acceptors (Lipinski definition) is 4. The van der Waals surface area contributed by atoms with Crippen LogP contribution in [0.3, 0.4) is 0 Å². The number of benzene rings is 2. The van der Waals surface area contributed by atoms with Gasteiger partial charge in [-0.1, -0.05) is 6.07 Å². The van der Waals surface area contributed by atoms with Crippen molar-refractivity contribution in [3.05, 3.63) is 53.6 Å². The fraction of sp³-hybridized carbons (Fsp3) is 0.222. The smallest absolute Gasteiger partial charge is 0.264 e. The molecule has 2 amide bonds. The molecule has 0 radical (unpaired) electrons. The molecule has 0 fully saturated rings. The van der Waals surface area contributed by atoms with E-state index in [0.717, 1.165) is 15.4 Å². The zero-order valence-corrected chi connectivity index (χ0v) is 15.6. The number of rotatable bonds is 6. The summed E-state index contributed by atoms with van der Waals surface area (Å²) in [7, 11) is -4.01. The number of sulfonamides is 1. The van der Waals surface area contributed by atoms with E-state index in [0.29, 0.717) is 11.4 Å². The van der Waals surface area contributed by atoms with Gasteiger partial charge in [0.15, 0.2) is 0 Å². The van der Waals surface area contributed by atoms with Crippen LogP contribution in [0, 0.1) is 13.8 Å². The third-order valence-electron chi connectivity index (χ3n) is 3.56. The van der Waals surface area contributed by atoms with Gasteiger partial charge < -0.3 is 11.1 Å². The monoisotopic (exact) mass is 375 g/mol. The second-order valence-corrected chi connectivity index (χ2v) is 7.89. The van der Waals surface area contributed by atoms with Gasteiger partial charge in [0.2, 0.25) is 11.8 Å². The Labute approximate surface area is 152 Å². The molecule has 0 saturated heterocycles. The lowest BCUT2D eigenvalue weighted by molar-refractivity contribution is -0.116. The topological polar surface area (TPSA) is 110 Å². The highest BCUT2D eigenvalue weighted by atomic mass is 32.2. The molecule has 7 nitrogen and oxygen atoms in total. The number of amides is 2. The van der Waals surface area contributed by atoms with E-state index in [4.69, 9.17) is 5.73 Å². The summed E-state index contributed by atoms with van der Waals surface area (Å²) in [6.07, 6.45) is 0. The van der Waals surface area contributed by atoms with Crippen LogP contribution in [0.25, 0.3) is 0 Å². The van der Waals surface area contributed by atoms with E-state index in [9.17, 15) is 18.0 Å². The summed E-state index contributed by atoms with van der Waals surface area (Å²) in [5.41, 5.74) is 7.84. The molecule has 3 N–H and O–H groups in total. The highest BCUT2D eigenvalue weighted by Gasteiger charge is 2.26. The van der Waals surface area contributed by atoms with Crippen LogP contribution in [-0.2, 0) is 19.6 Å². The fourth-order valence-electron chi connectivity index (χ4n) is 2.59. The van der Waals surface area contributed by atoms with Gasteiger partial charge in [0.05, 0.1) is 10.6 Å².